The molecule has 0 N–H and O–H groups in total. The fourth-order valence-corrected chi connectivity index (χ4v) is 5.56. The molecule has 1 aromatic carbocycles. The van der Waals surface area contributed by atoms with Crippen LogP contribution in [0, 0.1) is 6.92 Å². The van der Waals surface area contributed by atoms with Gasteiger partial charge in [-0.2, -0.15) is 0 Å². The number of rotatable bonds is 11. The van der Waals surface area contributed by atoms with Crippen LogP contribution >= 0.6 is 11.3 Å². The predicted octanol–water partition coefficient (Wildman–Crippen LogP) is 6.13. The molecule has 0 saturated carbocycles. The van der Waals surface area contributed by atoms with Crippen molar-refractivity contribution < 1.29 is 9.59 Å². The second-order valence-corrected chi connectivity index (χ2v) is 9.82. The summed E-state index contributed by atoms with van der Waals surface area (Å²) in [6, 6.07) is 10.4. The number of likely N-dealkylation sites (N-methyl/N-ethyl adjacent to an activating group) is 1. The van der Waals surface area contributed by atoms with Crippen LogP contribution in [0.25, 0.3) is 0 Å². The molecule has 1 atom stereocenters. The van der Waals surface area contributed by atoms with Crippen molar-refractivity contribution in [3.05, 3.63) is 57.3 Å². The highest BCUT2D eigenvalue weighted by Crippen LogP contribution is 2.39. The highest BCUT2D eigenvalue weighted by molar-refractivity contribution is 7.10. The SMILES string of the molecule is CCCCCCCCC(=O)N(CC)CC(=O)N1CCc2sccc2C1c1ccccc1C. The van der Waals surface area contributed by atoms with Gasteiger partial charge in [0.15, 0.2) is 0 Å². The molecule has 32 heavy (non-hydrogen) atoms. The number of nitrogens with zero attached hydrogens (tertiary/aromatic N) is 2. The van der Waals surface area contributed by atoms with Crippen molar-refractivity contribution in [2.45, 2.75) is 78.2 Å². The van der Waals surface area contributed by atoms with Gasteiger partial charge in [-0.15, -0.1) is 11.3 Å². The van der Waals surface area contributed by atoms with Gasteiger partial charge in [0.25, 0.3) is 0 Å². The molecule has 5 heteroatoms. The molecular weight excluding hydrogens is 416 g/mol. The Morgan fingerprint density at radius 2 is 1.78 bits per heavy atom. The summed E-state index contributed by atoms with van der Waals surface area (Å²) < 4.78 is 0. The van der Waals surface area contributed by atoms with Crippen LogP contribution in [0.4, 0.5) is 0 Å². The molecule has 1 aromatic heterocycles. The second-order valence-electron chi connectivity index (χ2n) is 8.82. The van der Waals surface area contributed by atoms with Crippen LogP contribution in [0.5, 0.6) is 0 Å². The Morgan fingerprint density at radius 3 is 2.53 bits per heavy atom. The number of hydrogen-bond donors (Lipinski definition) is 0. The maximum absolute atomic E-state index is 13.5. The number of amides is 2. The van der Waals surface area contributed by atoms with E-state index >= 15 is 0 Å². The maximum Gasteiger partial charge on any atom is 0.242 e. The Hall–Kier alpha value is -2.14. The second kappa shape index (κ2) is 12.2. The van der Waals surface area contributed by atoms with Crippen molar-refractivity contribution in [1.82, 2.24) is 9.80 Å². The fourth-order valence-electron chi connectivity index (χ4n) is 4.66. The smallest absolute Gasteiger partial charge is 0.242 e. The average molecular weight is 455 g/mol. The number of benzene rings is 1. The maximum atomic E-state index is 13.5. The molecular formula is C27H38N2O2S. The zero-order valence-electron chi connectivity index (χ0n) is 19.9. The number of aryl methyl sites for hydroxylation is 1. The van der Waals surface area contributed by atoms with Gasteiger partial charge in [0.2, 0.25) is 11.8 Å². The van der Waals surface area contributed by atoms with Crippen LogP contribution in [-0.2, 0) is 16.0 Å². The standard InChI is InChI=1S/C27H38N2O2S/c1-4-6-7-8-9-10-15-25(30)28(5-2)20-26(31)29-18-16-24-23(17-19-32-24)27(29)22-14-12-11-13-21(22)3/h11-14,17,19,27H,4-10,15-16,18,20H2,1-3H3. The van der Waals surface area contributed by atoms with E-state index in [9.17, 15) is 9.59 Å². The minimum absolute atomic E-state index is 0.0493. The van der Waals surface area contributed by atoms with E-state index in [2.05, 4.69) is 37.4 Å². The molecule has 2 heterocycles. The molecule has 0 fully saturated rings. The molecule has 1 aliphatic rings. The van der Waals surface area contributed by atoms with Crippen LogP contribution in [0.1, 0.15) is 86.4 Å². The van der Waals surface area contributed by atoms with Gasteiger partial charge in [0.05, 0.1) is 12.6 Å². The van der Waals surface area contributed by atoms with Gasteiger partial charge in [-0.3, -0.25) is 9.59 Å². The molecule has 0 spiro atoms. The summed E-state index contributed by atoms with van der Waals surface area (Å²) in [6.07, 6.45) is 8.40. The molecule has 174 valence electrons. The van der Waals surface area contributed by atoms with E-state index in [-0.39, 0.29) is 24.4 Å². The molecule has 0 aliphatic carbocycles. The van der Waals surface area contributed by atoms with Gasteiger partial charge in [-0.05, 0) is 54.8 Å². The summed E-state index contributed by atoms with van der Waals surface area (Å²) in [5.41, 5.74) is 3.62. The molecule has 1 unspecified atom stereocenters. The third-order valence-corrected chi connectivity index (χ3v) is 7.57. The van der Waals surface area contributed by atoms with Crippen LogP contribution in [0.2, 0.25) is 0 Å². The first kappa shape index (κ1) is 24.5. The molecule has 2 aromatic rings. The van der Waals surface area contributed by atoms with Crippen molar-refractivity contribution >= 4 is 23.2 Å². The first-order chi connectivity index (χ1) is 15.6. The third-order valence-electron chi connectivity index (χ3n) is 6.57. The van der Waals surface area contributed by atoms with E-state index in [1.54, 1.807) is 16.2 Å². The van der Waals surface area contributed by atoms with E-state index in [1.165, 1.54) is 47.3 Å². The third kappa shape index (κ3) is 6.00. The van der Waals surface area contributed by atoms with Crippen LogP contribution in [-0.4, -0.2) is 41.2 Å². The topological polar surface area (TPSA) is 40.6 Å². The van der Waals surface area contributed by atoms with Crippen molar-refractivity contribution in [3.63, 3.8) is 0 Å². The summed E-state index contributed by atoms with van der Waals surface area (Å²) >= 11 is 1.78. The van der Waals surface area contributed by atoms with Crippen molar-refractivity contribution in [2.24, 2.45) is 0 Å². The minimum Gasteiger partial charge on any atom is -0.334 e. The van der Waals surface area contributed by atoms with E-state index < -0.39 is 0 Å². The van der Waals surface area contributed by atoms with Crippen LogP contribution in [0.15, 0.2) is 35.7 Å². The number of unbranched alkanes of at least 4 members (excludes halogenated alkanes) is 5. The van der Waals surface area contributed by atoms with Gasteiger partial charge in [0.1, 0.15) is 0 Å². The number of carbonyl (C=O) groups is 2. The Balaban J connectivity index is 1.67. The number of carbonyl (C=O) groups excluding carboxylic acids is 2. The lowest BCUT2D eigenvalue weighted by Gasteiger charge is -2.38. The average Bonchev–Trinajstić information content (AvgIpc) is 3.28. The Bertz CT molecular complexity index is 891. The fraction of sp³-hybridized carbons (Fsp3) is 0.556. The first-order valence-corrected chi connectivity index (χ1v) is 13.1. The van der Waals surface area contributed by atoms with Gasteiger partial charge < -0.3 is 9.80 Å². The lowest BCUT2D eigenvalue weighted by atomic mass is 9.90. The monoisotopic (exact) mass is 454 g/mol. The zero-order chi connectivity index (χ0) is 22.9. The highest BCUT2D eigenvalue weighted by Gasteiger charge is 2.34. The van der Waals surface area contributed by atoms with Gasteiger partial charge in [-0.25, -0.2) is 0 Å². The van der Waals surface area contributed by atoms with E-state index in [1.807, 2.05) is 24.0 Å². The Morgan fingerprint density at radius 1 is 1.03 bits per heavy atom. The largest absolute Gasteiger partial charge is 0.334 e. The molecule has 0 bridgehead atoms. The van der Waals surface area contributed by atoms with Crippen molar-refractivity contribution in [1.29, 1.82) is 0 Å². The van der Waals surface area contributed by atoms with E-state index in [4.69, 9.17) is 0 Å². The van der Waals surface area contributed by atoms with Crippen molar-refractivity contribution in [2.75, 3.05) is 19.6 Å². The Kier molecular flexibility index (Phi) is 9.34. The molecule has 1 aliphatic heterocycles. The van der Waals surface area contributed by atoms with Crippen LogP contribution in [0.3, 0.4) is 0 Å². The normalized spacial score (nSPS) is 15.5. The van der Waals surface area contributed by atoms with Crippen LogP contribution < -0.4 is 0 Å². The van der Waals surface area contributed by atoms with Gasteiger partial charge >= 0.3 is 0 Å². The summed E-state index contributed by atoms with van der Waals surface area (Å²) in [7, 11) is 0. The molecule has 0 radical (unpaired) electrons. The molecule has 3 rings (SSSR count). The first-order valence-electron chi connectivity index (χ1n) is 12.3. The predicted molar refractivity (Wildman–Crippen MR) is 133 cm³/mol. The number of hydrogen-bond acceptors (Lipinski definition) is 3. The minimum atomic E-state index is -0.0638. The molecule has 4 nitrogen and oxygen atoms in total. The summed E-state index contributed by atoms with van der Waals surface area (Å²) in [5, 5.41) is 2.13. The van der Waals surface area contributed by atoms with Crippen molar-refractivity contribution in [3.8, 4) is 0 Å². The zero-order valence-corrected chi connectivity index (χ0v) is 20.8. The molecule has 2 amide bonds. The summed E-state index contributed by atoms with van der Waals surface area (Å²) in [6.45, 7) is 7.75. The summed E-state index contributed by atoms with van der Waals surface area (Å²) in [4.78, 5) is 31.4. The van der Waals surface area contributed by atoms with Gasteiger partial charge in [-0.1, -0.05) is 63.3 Å². The van der Waals surface area contributed by atoms with E-state index in [0.717, 1.165) is 19.3 Å². The van der Waals surface area contributed by atoms with Gasteiger partial charge in [0, 0.05) is 24.4 Å². The number of fused-ring (bicyclic) bond motifs is 1. The Labute approximate surface area is 197 Å². The molecule has 0 saturated heterocycles. The highest BCUT2D eigenvalue weighted by atomic mass is 32.1. The van der Waals surface area contributed by atoms with E-state index in [0.29, 0.717) is 19.5 Å². The lowest BCUT2D eigenvalue weighted by Crippen LogP contribution is -2.46. The quantitative estimate of drug-likeness (QED) is 0.383. The summed E-state index contributed by atoms with van der Waals surface area (Å²) in [5.74, 6) is 0.158. The lowest BCUT2D eigenvalue weighted by molar-refractivity contribution is -0.141. The number of thiophene rings is 1.